The lowest BCUT2D eigenvalue weighted by Gasteiger charge is -2.24. The summed E-state index contributed by atoms with van der Waals surface area (Å²) in [6.07, 6.45) is 1.50. The minimum absolute atomic E-state index is 0.101. The normalized spacial score (nSPS) is 11.5. The number of nitrogens with one attached hydrogen (secondary N) is 1. The van der Waals surface area contributed by atoms with Crippen molar-refractivity contribution in [3.63, 3.8) is 0 Å². The first-order valence-corrected chi connectivity index (χ1v) is 14.4. The fourth-order valence-electron chi connectivity index (χ4n) is 3.91. The van der Waals surface area contributed by atoms with Crippen LogP contribution >= 0.6 is 0 Å². The fraction of sp³-hybridized carbons (Fsp3) is 0.188. The molecule has 7 nitrogen and oxygen atoms in total. The van der Waals surface area contributed by atoms with Crippen LogP contribution in [0.15, 0.2) is 113 Å². The molecule has 1 amide bonds. The van der Waals surface area contributed by atoms with E-state index in [4.69, 9.17) is 4.74 Å². The van der Waals surface area contributed by atoms with Gasteiger partial charge in [-0.25, -0.2) is 13.8 Å². The molecule has 4 aromatic rings. The Bertz CT molecular complexity index is 1530. The summed E-state index contributed by atoms with van der Waals surface area (Å²) in [6, 6.07) is 30.7. The second-order valence-corrected chi connectivity index (χ2v) is 11.6. The van der Waals surface area contributed by atoms with Gasteiger partial charge in [0.25, 0.3) is 15.9 Å². The first kappa shape index (κ1) is 28.6. The monoisotopic (exact) mass is 555 g/mol. The average Bonchev–Trinajstić information content (AvgIpc) is 2.97. The van der Waals surface area contributed by atoms with Crippen molar-refractivity contribution in [2.75, 3.05) is 10.8 Å². The molecule has 0 aromatic heterocycles. The van der Waals surface area contributed by atoms with Gasteiger partial charge in [0.05, 0.1) is 16.8 Å². The van der Waals surface area contributed by atoms with E-state index in [9.17, 15) is 13.2 Å². The molecule has 0 heterocycles. The summed E-state index contributed by atoms with van der Waals surface area (Å²) < 4.78 is 33.9. The molecule has 0 aliphatic carbocycles. The van der Waals surface area contributed by atoms with Crippen LogP contribution in [0.5, 0.6) is 5.75 Å². The van der Waals surface area contributed by atoms with Crippen LogP contribution in [0.1, 0.15) is 42.0 Å². The van der Waals surface area contributed by atoms with E-state index in [2.05, 4.69) is 24.4 Å². The van der Waals surface area contributed by atoms with Gasteiger partial charge in [0.2, 0.25) is 0 Å². The van der Waals surface area contributed by atoms with Gasteiger partial charge >= 0.3 is 0 Å². The quantitative estimate of drug-likeness (QED) is 0.180. The number of nitrogens with zero attached hydrogens (tertiary/aromatic N) is 2. The molecule has 0 aliphatic heterocycles. The summed E-state index contributed by atoms with van der Waals surface area (Å²) in [5.74, 6) is 0.438. The minimum Gasteiger partial charge on any atom is -0.489 e. The van der Waals surface area contributed by atoms with E-state index < -0.39 is 22.5 Å². The molecule has 206 valence electrons. The molecular formula is C32H33N3O4S. The van der Waals surface area contributed by atoms with E-state index in [1.54, 1.807) is 30.3 Å². The number of ether oxygens (including phenoxy) is 1. The summed E-state index contributed by atoms with van der Waals surface area (Å²) >= 11 is 0. The number of hydrogen-bond donors (Lipinski definition) is 1. The van der Waals surface area contributed by atoms with Crippen LogP contribution in [0.4, 0.5) is 5.69 Å². The molecule has 0 unspecified atom stereocenters. The van der Waals surface area contributed by atoms with Gasteiger partial charge in [-0.2, -0.15) is 5.10 Å². The molecule has 0 bridgehead atoms. The zero-order valence-corrected chi connectivity index (χ0v) is 23.6. The largest absolute Gasteiger partial charge is 0.489 e. The van der Waals surface area contributed by atoms with E-state index >= 15 is 0 Å². The molecule has 0 atom stereocenters. The third-order valence-electron chi connectivity index (χ3n) is 6.28. The van der Waals surface area contributed by atoms with Crippen molar-refractivity contribution in [3.8, 4) is 5.75 Å². The van der Waals surface area contributed by atoms with Crippen molar-refractivity contribution in [3.05, 3.63) is 125 Å². The maximum absolute atomic E-state index is 13.5. The molecule has 0 saturated heterocycles. The molecule has 1 N–H and O–H groups in total. The number of rotatable bonds is 11. The maximum Gasteiger partial charge on any atom is 0.264 e. The highest BCUT2D eigenvalue weighted by Gasteiger charge is 2.27. The van der Waals surface area contributed by atoms with Crippen molar-refractivity contribution in [1.82, 2.24) is 5.43 Å². The molecule has 4 rings (SSSR count). The highest BCUT2D eigenvalue weighted by atomic mass is 32.2. The number of carbonyl (C=O) groups excluding carboxylic acids is 1. The number of sulfonamides is 1. The summed E-state index contributed by atoms with van der Waals surface area (Å²) in [5.41, 5.74) is 6.94. The van der Waals surface area contributed by atoms with Crippen molar-refractivity contribution in [2.24, 2.45) is 5.10 Å². The van der Waals surface area contributed by atoms with Crippen molar-refractivity contribution >= 4 is 27.8 Å². The zero-order chi connectivity index (χ0) is 28.5. The molecule has 40 heavy (non-hydrogen) atoms. The van der Waals surface area contributed by atoms with Gasteiger partial charge < -0.3 is 4.74 Å². The predicted molar refractivity (Wildman–Crippen MR) is 159 cm³/mol. The minimum atomic E-state index is -3.99. The number of carbonyl (C=O) groups is 1. The Labute approximate surface area is 236 Å². The first-order chi connectivity index (χ1) is 19.2. The van der Waals surface area contributed by atoms with Gasteiger partial charge in [-0.05, 0) is 78.1 Å². The summed E-state index contributed by atoms with van der Waals surface area (Å²) in [4.78, 5) is 12.9. The first-order valence-electron chi connectivity index (χ1n) is 13.0. The molecular weight excluding hydrogens is 522 g/mol. The van der Waals surface area contributed by atoms with Crippen LogP contribution in [0.3, 0.4) is 0 Å². The van der Waals surface area contributed by atoms with Gasteiger partial charge in [0.1, 0.15) is 18.9 Å². The molecule has 0 radical (unpaired) electrons. The maximum atomic E-state index is 13.5. The van der Waals surface area contributed by atoms with E-state index in [1.165, 1.54) is 23.9 Å². The Kier molecular flexibility index (Phi) is 9.35. The Morgan fingerprint density at radius 3 is 2.17 bits per heavy atom. The highest BCUT2D eigenvalue weighted by Crippen LogP contribution is 2.25. The van der Waals surface area contributed by atoms with Crippen LogP contribution in [0.25, 0.3) is 0 Å². The third-order valence-corrected chi connectivity index (χ3v) is 8.06. The van der Waals surface area contributed by atoms with Crippen molar-refractivity contribution < 1.29 is 17.9 Å². The van der Waals surface area contributed by atoms with Gasteiger partial charge in [-0.15, -0.1) is 0 Å². The van der Waals surface area contributed by atoms with Crippen molar-refractivity contribution in [1.29, 1.82) is 0 Å². The van der Waals surface area contributed by atoms with Gasteiger partial charge in [-0.3, -0.25) is 9.10 Å². The van der Waals surface area contributed by atoms with Gasteiger partial charge in [0.15, 0.2) is 0 Å². The van der Waals surface area contributed by atoms with E-state index in [-0.39, 0.29) is 4.90 Å². The zero-order valence-electron chi connectivity index (χ0n) is 22.8. The topological polar surface area (TPSA) is 88.1 Å². The smallest absolute Gasteiger partial charge is 0.264 e. The van der Waals surface area contributed by atoms with E-state index in [1.807, 2.05) is 67.6 Å². The number of benzene rings is 4. The summed E-state index contributed by atoms with van der Waals surface area (Å²) in [7, 11) is -3.99. The SMILES string of the molecule is Cc1ccc(COc2ccc(/C=N\NC(=O)CN(c3ccc(C(C)C)cc3)S(=O)(=O)c3ccccc3)cc2)cc1. The summed E-state index contributed by atoms with van der Waals surface area (Å²) in [5, 5.41) is 4.03. The van der Waals surface area contributed by atoms with Crippen LogP contribution < -0.4 is 14.5 Å². The van der Waals surface area contributed by atoms with E-state index in [0.717, 1.165) is 21.0 Å². The predicted octanol–water partition coefficient (Wildman–Crippen LogP) is 6.04. The standard InChI is InChI=1S/C32H33N3O4S/c1-24(2)28-15-17-29(18-16-28)35(40(37,38)31-7-5-4-6-8-31)22-32(36)34-33-21-26-13-19-30(20-14-26)39-23-27-11-9-25(3)10-12-27/h4-21,24H,22-23H2,1-3H3,(H,34,36)/b33-21-. The lowest BCUT2D eigenvalue weighted by atomic mass is 10.0. The molecule has 0 saturated carbocycles. The Morgan fingerprint density at radius 2 is 1.55 bits per heavy atom. The molecule has 0 fully saturated rings. The van der Waals surface area contributed by atoms with Crippen LogP contribution in [-0.4, -0.2) is 27.1 Å². The molecule has 0 aliphatic rings. The average molecular weight is 556 g/mol. The third kappa shape index (κ3) is 7.57. The highest BCUT2D eigenvalue weighted by molar-refractivity contribution is 7.92. The van der Waals surface area contributed by atoms with Crippen LogP contribution in [0, 0.1) is 6.92 Å². The number of anilines is 1. The van der Waals surface area contributed by atoms with Gasteiger partial charge in [-0.1, -0.05) is 74.0 Å². The fourth-order valence-corrected chi connectivity index (χ4v) is 5.35. The van der Waals surface area contributed by atoms with Crippen molar-refractivity contribution in [2.45, 2.75) is 38.2 Å². The lowest BCUT2D eigenvalue weighted by molar-refractivity contribution is -0.119. The second kappa shape index (κ2) is 13.1. The molecule has 8 heteroatoms. The summed E-state index contributed by atoms with van der Waals surface area (Å²) in [6.45, 7) is 6.20. The molecule has 0 spiro atoms. The number of amides is 1. The second-order valence-electron chi connectivity index (χ2n) is 9.71. The number of hydrogen-bond acceptors (Lipinski definition) is 5. The lowest BCUT2D eigenvalue weighted by Crippen LogP contribution is -2.39. The van der Waals surface area contributed by atoms with Crippen LogP contribution in [0.2, 0.25) is 0 Å². The molecule has 4 aromatic carbocycles. The van der Waals surface area contributed by atoms with E-state index in [0.29, 0.717) is 24.0 Å². The van der Waals surface area contributed by atoms with Crippen LogP contribution in [-0.2, 0) is 21.4 Å². The Morgan fingerprint density at radius 1 is 0.900 bits per heavy atom. The van der Waals surface area contributed by atoms with Gasteiger partial charge in [0, 0.05) is 0 Å². The number of hydrazone groups is 1. The number of aryl methyl sites for hydroxylation is 1. The Balaban J connectivity index is 1.40. The Hall–Kier alpha value is -4.43.